The fourth-order valence-corrected chi connectivity index (χ4v) is 3.46. The number of aliphatic carboxylic acids is 1. The maximum atomic E-state index is 11.1. The predicted octanol–water partition coefficient (Wildman–Crippen LogP) is 2.77. The van der Waals surface area contributed by atoms with E-state index in [1.807, 2.05) is 6.08 Å². The zero-order chi connectivity index (χ0) is 14.8. The van der Waals surface area contributed by atoms with Gasteiger partial charge in [0.15, 0.2) is 8.32 Å². The summed E-state index contributed by atoms with van der Waals surface area (Å²) in [6.07, 6.45) is 3.08. The average Bonchev–Trinajstić information content (AvgIpc) is 2.60. The van der Waals surface area contributed by atoms with Crippen molar-refractivity contribution in [2.45, 2.75) is 69.9 Å². The zero-order valence-electron chi connectivity index (χ0n) is 12.7. The summed E-state index contributed by atoms with van der Waals surface area (Å²) < 4.78 is 6.37. The number of carboxylic acids is 1. The van der Waals surface area contributed by atoms with Crippen LogP contribution in [0.5, 0.6) is 0 Å². The lowest BCUT2D eigenvalue weighted by Crippen LogP contribution is -2.47. The van der Waals surface area contributed by atoms with Gasteiger partial charge < -0.3 is 9.53 Å². The molecule has 0 aromatic rings. The molecule has 0 aromatic heterocycles. The Kier molecular flexibility index (Phi) is 4.98. The van der Waals surface area contributed by atoms with Crippen molar-refractivity contribution < 1.29 is 14.3 Å². The Morgan fingerprint density at radius 2 is 2.11 bits per heavy atom. The molecule has 3 atom stereocenters. The summed E-state index contributed by atoms with van der Waals surface area (Å²) >= 11 is 0. The van der Waals surface area contributed by atoms with Crippen molar-refractivity contribution >= 4 is 14.3 Å². The Morgan fingerprint density at radius 3 is 2.53 bits per heavy atom. The van der Waals surface area contributed by atoms with E-state index in [9.17, 15) is 4.79 Å². The third-order valence-electron chi connectivity index (χ3n) is 4.30. The SMILES string of the molecule is C=CCC1N[C@H](C(=O)O)C[C@H]1O[Si](C)(C)C(C)(C)C. The highest BCUT2D eigenvalue weighted by Gasteiger charge is 2.44. The van der Waals surface area contributed by atoms with E-state index >= 15 is 0 Å². The molecule has 1 rings (SSSR count). The van der Waals surface area contributed by atoms with Crippen molar-refractivity contribution in [2.75, 3.05) is 0 Å². The van der Waals surface area contributed by atoms with Gasteiger partial charge in [-0.15, -0.1) is 6.58 Å². The Morgan fingerprint density at radius 1 is 1.53 bits per heavy atom. The molecule has 0 bridgehead atoms. The van der Waals surface area contributed by atoms with Crippen LogP contribution in [0.25, 0.3) is 0 Å². The molecule has 1 unspecified atom stereocenters. The van der Waals surface area contributed by atoms with Crippen LogP contribution in [0, 0.1) is 0 Å². The minimum absolute atomic E-state index is 0.0278. The van der Waals surface area contributed by atoms with Crippen LogP contribution in [0.2, 0.25) is 18.1 Å². The zero-order valence-corrected chi connectivity index (χ0v) is 13.7. The molecule has 0 aliphatic carbocycles. The molecule has 19 heavy (non-hydrogen) atoms. The fourth-order valence-electron chi connectivity index (χ4n) is 2.09. The maximum Gasteiger partial charge on any atom is 0.320 e. The molecule has 1 heterocycles. The predicted molar refractivity (Wildman–Crippen MR) is 79.8 cm³/mol. The van der Waals surface area contributed by atoms with Crippen LogP contribution in [0.3, 0.4) is 0 Å². The lowest BCUT2D eigenvalue weighted by Gasteiger charge is -2.39. The van der Waals surface area contributed by atoms with E-state index in [4.69, 9.17) is 9.53 Å². The highest BCUT2D eigenvalue weighted by molar-refractivity contribution is 6.74. The molecule has 0 saturated carbocycles. The molecule has 1 saturated heterocycles. The number of hydrogen-bond acceptors (Lipinski definition) is 3. The van der Waals surface area contributed by atoms with Gasteiger partial charge in [-0.05, 0) is 31.0 Å². The average molecular weight is 285 g/mol. The molecule has 1 aliphatic rings. The maximum absolute atomic E-state index is 11.1. The minimum Gasteiger partial charge on any atom is -0.480 e. The van der Waals surface area contributed by atoms with Crippen LogP contribution < -0.4 is 5.32 Å². The van der Waals surface area contributed by atoms with Crippen molar-refractivity contribution in [3.8, 4) is 0 Å². The van der Waals surface area contributed by atoms with Crippen molar-refractivity contribution in [3.05, 3.63) is 12.7 Å². The number of carboxylic acid groups (broad SMARTS) is 1. The highest BCUT2D eigenvalue weighted by atomic mass is 28.4. The lowest BCUT2D eigenvalue weighted by molar-refractivity contribution is -0.139. The Labute approximate surface area is 117 Å². The number of nitrogens with one attached hydrogen (secondary N) is 1. The van der Waals surface area contributed by atoms with E-state index in [1.54, 1.807) is 0 Å². The molecule has 0 aromatic carbocycles. The second-order valence-electron chi connectivity index (χ2n) is 6.84. The molecule has 0 amide bonds. The first-order chi connectivity index (χ1) is 8.58. The van der Waals surface area contributed by atoms with E-state index < -0.39 is 20.3 Å². The first-order valence-electron chi connectivity index (χ1n) is 6.86. The number of rotatable bonds is 5. The molecule has 1 fully saturated rings. The smallest absolute Gasteiger partial charge is 0.320 e. The first-order valence-corrected chi connectivity index (χ1v) is 9.77. The van der Waals surface area contributed by atoms with Crippen LogP contribution in [0.15, 0.2) is 12.7 Å². The highest BCUT2D eigenvalue weighted by Crippen LogP contribution is 2.39. The molecule has 5 heteroatoms. The molecule has 0 spiro atoms. The van der Waals surface area contributed by atoms with Gasteiger partial charge in [0, 0.05) is 6.04 Å². The van der Waals surface area contributed by atoms with Gasteiger partial charge in [0.05, 0.1) is 6.10 Å². The van der Waals surface area contributed by atoms with Crippen molar-refractivity contribution in [3.63, 3.8) is 0 Å². The Bertz CT molecular complexity index is 349. The molecule has 0 radical (unpaired) electrons. The van der Waals surface area contributed by atoms with Gasteiger partial charge >= 0.3 is 5.97 Å². The molecule has 4 nitrogen and oxygen atoms in total. The van der Waals surface area contributed by atoms with Gasteiger partial charge in [-0.1, -0.05) is 26.8 Å². The van der Waals surface area contributed by atoms with E-state index in [0.717, 1.165) is 6.42 Å². The van der Waals surface area contributed by atoms with Gasteiger partial charge in [-0.25, -0.2) is 0 Å². The monoisotopic (exact) mass is 285 g/mol. The summed E-state index contributed by atoms with van der Waals surface area (Å²) in [6.45, 7) is 14.7. The molecule has 1 aliphatic heterocycles. The lowest BCUT2D eigenvalue weighted by atomic mass is 10.1. The van der Waals surface area contributed by atoms with Crippen LogP contribution in [0.4, 0.5) is 0 Å². The van der Waals surface area contributed by atoms with Gasteiger partial charge in [-0.2, -0.15) is 0 Å². The van der Waals surface area contributed by atoms with Crippen molar-refractivity contribution in [1.29, 1.82) is 0 Å². The molecule has 110 valence electrons. The third kappa shape index (κ3) is 3.90. The van der Waals surface area contributed by atoms with Crippen molar-refractivity contribution in [2.24, 2.45) is 0 Å². The second kappa shape index (κ2) is 5.77. The normalized spacial score (nSPS) is 28.4. The molecule has 2 N–H and O–H groups in total. The topological polar surface area (TPSA) is 58.6 Å². The quantitative estimate of drug-likeness (QED) is 0.602. The Balaban J connectivity index is 2.79. The van der Waals surface area contributed by atoms with E-state index in [1.165, 1.54) is 0 Å². The van der Waals surface area contributed by atoms with Crippen molar-refractivity contribution in [1.82, 2.24) is 5.32 Å². The first kappa shape index (κ1) is 16.4. The van der Waals surface area contributed by atoms with Crippen LogP contribution >= 0.6 is 0 Å². The van der Waals surface area contributed by atoms with Gasteiger partial charge in [-0.3, -0.25) is 10.1 Å². The molecular formula is C14H27NO3Si. The number of hydrogen-bond donors (Lipinski definition) is 2. The van der Waals surface area contributed by atoms with E-state index in [-0.39, 0.29) is 17.2 Å². The third-order valence-corrected chi connectivity index (χ3v) is 8.81. The van der Waals surface area contributed by atoms with Crippen LogP contribution in [0.1, 0.15) is 33.6 Å². The summed E-state index contributed by atoms with van der Waals surface area (Å²) in [5, 5.41) is 12.4. The number of carbonyl (C=O) groups is 1. The fraction of sp³-hybridized carbons (Fsp3) is 0.786. The second-order valence-corrected chi connectivity index (χ2v) is 11.6. The van der Waals surface area contributed by atoms with E-state index in [2.05, 4.69) is 45.8 Å². The summed E-state index contributed by atoms with van der Waals surface area (Å²) in [5.41, 5.74) is 0. The largest absolute Gasteiger partial charge is 0.480 e. The minimum atomic E-state index is -1.87. The van der Waals surface area contributed by atoms with E-state index in [0.29, 0.717) is 6.42 Å². The summed E-state index contributed by atoms with van der Waals surface area (Å²) in [5.74, 6) is -0.796. The van der Waals surface area contributed by atoms with Crippen LogP contribution in [-0.2, 0) is 9.22 Å². The molecular weight excluding hydrogens is 258 g/mol. The van der Waals surface area contributed by atoms with Gasteiger partial charge in [0.1, 0.15) is 6.04 Å². The Hall–Kier alpha value is -0.653. The van der Waals surface area contributed by atoms with Crippen LogP contribution in [-0.4, -0.2) is 37.6 Å². The standard InChI is InChI=1S/C14H27NO3Si/c1-7-8-10-12(9-11(15-10)13(16)17)18-19(5,6)14(2,3)4/h7,10-12,15H,1,8-9H2,2-6H3,(H,16,17)/t10?,11-,12+/m0/s1. The summed E-state index contributed by atoms with van der Waals surface area (Å²) in [4.78, 5) is 11.1. The van der Waals surface area contributed by atoms with Gasteiger partial charge in [0.2, 0.25) is 0 Å². The summed E-state index contributed by atoms with van der Waals surface area (Å²) in [6, 6.07) is -0.438. The van der Waals surface area contributed by atoms with Gasteiger partial charge in [0.25, 0.3) is 0 Å². The summed E-state index contributed by atoms with van der Waals surface area (Å²) in [7, 11) is -1.87.